The summed E-state index contributed by atoms with van der Waals surface area (Å²) in [6.45, 7) is 2.76. The van der Waals surface area contributed by atoms with Gasteiger partial charge in [-0.2, -0.15) is 0 Å². The molecule has 1 aromatic carbocycles. The lowest BCUT2D eigenvalue weighted by molar-refractivity contribution is 0.427. The number of hydrogen-bond donors (Lipinski definition) is 1. The summed E-state index contributed by atoms with van der Waals surface area (Å²) in [7, 11) is 0. The second kappa shape index (κ2) is 6.69. The molecule has 1 aliphatic heterocycles. The number of hydrogen-bond acceptors (Lipinski definition) is 1. The monoisotopic (exact) mass is 266 g/mol. The lowest BCUT2D eigenvalue weighted by Crippen LogP contribution is -2.39. The van der Waals surface area contributed by atoms with Crippen LogP contribution in [-0.2, 0) is 6.54 Å². The van der Waals surface area contributed by atoms with Gasteiger partial charge in [-0.15, -0.1) is 0 Å². The minimum atomic E-state index is -0.200. The summed E-state index contributed by atoms with van der Waals surface area (Å²) < 4.78 is 12.8. The number of nitrogens with one attached hydrogen (secondary N) is 1. The Bertz CT molecular complexity index is 383. The summed E-state index contributed by atoms with van der Waals surface area (Å²) in [5.74, 6) is -0.200. The van der Waals surface area contributed by atoms with Crippen molar-refractivity contribution in [1.29, 1.82) is 0 Å². The molecule has 0 aliphatic carbocycles. The van der Waals surface area contributed by atoms with E-state index in [1.165, 1.54) is 37.8 Å². The lowest BCUT2D eigenvalue weighted by Gasteiger charge is -2.23. The Balaban J connectivity index is 1.81. The molecule has 1 aliphatic rings. The normalized spacial score (nSPS) is 16.2. The van der Waals surface area contributed by atoms with Gasteiger partial charge in [-0.25, -0.2) is 4.39 Å². The van der Waals surface area contributed by atoms with Crippen LogP contribution >= 0.6 is 12.2 Å². The van der Waals surface area contributed by atoms with Crippen molar-refractivity contribution >= 4 is 17.3 Å². The van der Waals surface area contributed by atoms with Gasteiger partial charge in [0.05, 0.1) is 0 Å². The van der Waals surface area contributed by atoms with Crippen LogP contribution in [0.1, 0.15) is 31.2 Å². The Labute approximate surface area is 113 Å². The Morgan fingerprint density at radius 3 is 2.33 bits per heavy atom. The number of likely N-dealkylation sites (tertiary alicyclic amines) is 1. The van der Waals surface area contributed by atoms with Crippen molar-refractivity contribution in [3.63, 3.8) is 0 Å². The Morgan fingerprint density at radius 1 is 1.11 bits per heavy atom. The highest BCUT2D eigenvalue weighted by atomic mass is 32.1. The molecule has 0 bridgehead atoms. The number of thiocarbonyl (C=S) groups is 1. The molecule has 0 amide bonds. The highest BCUT2D eigenvalue weighted by molar-refractivity contribution is 7.80. The Kier molecular flexibility index (Phi) is 4.93. The molecule has 0 unspecified atom stereocenters. The first-order valence-electron chi connectivity index (χ1n) is 6.53. The van der Waals surface area contributed by atoms with Crippen LogP contribution in [0.3, 0.4) is 0 Å². The zero-order valence-corrected chi connectivity index (χ0v) is 11.3. The Hall–Kier alpha value is -1.16. The second-order valence-electron chi connectivity index (χ2n) is 4.69. The molecule has 1 N–H and O–H groups in total. The molecular formula is C14H19FN2S. The SMILES string of the molecule is Fc1ccc(CNC(=S)N2CCCCCC2)cc1. The van der Waals surface area contributed by atoms with Crippen LogP contribution in [0.2, 0.25) is 0 Å². The number of nitrogens with zero attached hydrogens (tertiary/aromatic N) is 1. The average molecular weight is 266 g/mol. The molecule has 18 heavy (non-hydrogen) atoms. The third-order valence-electron chi connectivity index (χ3n) is 3.25. The van der Waals surface area contributed by atoms with E-state index in [0.29, 0.717) is 6.54 Å². The van der Waals surface area contributed by atoms with Gasteiger partial charge in [0.2, 0.25) is 0 Å². The van der Waals surface area contributed by atoms with Crippen molar-refractivity contribution in [2.24, 2.45) is 0 Å². The van der Waals surface area contributed by atoms with Crippen molar-refractivity contribution in [2.45, 2.75) is 32.2 Å². The molecule has 1 fully saturated rings. The van der Waals surface area contributed by atoms with Gasteiger partial charge >= 0.3 is 0 Å². The molecule has 0 radical (unpaired) electrons. The summed E-state index contributed by atoms with van der Waals surface area (Å²) in [5, 5.41) is 4.07. The van der Waals surface area contributed by atoms with Crippen molar-refractivity contribution in [1.82, 2.24) is 10.2 Å². The van der Waals surface area contributed by atoms with E-state index < -0.39 is 0 Å². The molecule has 2 rings (SSSR count). The molecule has 0 spiro atoms. The zero-order valence-electron chi connectivity index (χ0n) is 10.5. The summed E-state index contributed by atoms with van der Waals surface area (Å²) in [6.07, 6.45) is 5.05. The summed E-state index contributed by atoms with van der Waals surface area (Å²) >= 11 is 5.40. The predicted octanol–water partition coefficient (Wildman–Crippen LogP) is 3.08. The zero-order chi connectivity index (χ0) is 12.8. The summed E-state index contributed by atoms with van der Waals surface area (Å²) in [4.78, 5) is 2.24. The van der Waals surface area contributed by atoms with Gasteiger partial charge in [-0.05, 0) is 42.8 Å². The third kappa shape index (κ3) is 3.95. The van der Waals surface area contributed by atoms with E-state index in [0.717, 1.165) is 23.8 Å². The average Bonchev–Trinajstić information content (AvgIpc) is 2.66. The predicted molar refractivity (Wildman–Crippen MR) is 75.9 cm³/mol. The highest BCUT2D eigenvalue weighted by Crippen LogP contribution is 2.10. The first-order chi connectivity index (χ1) is 8.75. The van der Waals surface area contributed by atoms with Crippen LogP contribution < -0.4 is 5.32 Å². The Morgan fingerprint density at radius 2 is 1.72 bits per heavy atom. The van der Waals surface area contributed by atoms with Crippen LogP contribution in [0.25, 0.3) is 0 Å². The first-order valence-corrected chi connectivity index (χ1v) is 6.94. The van der Waals surface area contributed by atoms with Crippen molar-refractivity contribution < 1.29 is 4.39 Å². The number of halogens is 1. The molecule has 2 nitrogen and oxygen atoms in total. The fourth-order valence-corrected chi connectivity index (χ4v) is 2.42. The molecule has 1 saturated heterocycles. The van der Waals surface area contributed by atoms with Crippen LogP contribution in [0.4, 0.5) is 4.39 Å². The van der Waals surface area contributed by atoms with E-state index in [9.17, 15) is 4.39 Å². The van der Waals surface area contributed by atoms with Crippen LogP contribution in [0.5, 0.6) is 0 Å². The smallest absolute Gasteiger partial charge is 0.169 e. The fraction of sp³-hybridized carbons (Fsp3) is 0.500. The van der Waals surface area contributed by atoms with Gasteiger partial charge in [-0.3, -0.25) is 0 Å². The topological polar surface area (TPSA) is 15.3 Å². The van der Waals surface area contributed by atoms with Crippen molar-refractivity contribution in [3.05, 3.63) is 35.6 Å². The molecule has 98 valence electrons. The van der Waals surface area contributed by atoms with Crippen molar-refractivity contribution in [3.8, 4) is 0 Å². The molecule has 1 heterocycles. The highest BCUT2D eigenvalue weighted by Gasteiger charge is 2.11. The summed E-state index contributed by atoms with van der Waals surface area (Å²) in [6, 6.07) is 6.53. The third-order valence-corrected chi connectivity index (χ3v) is 3.65. The molecule has 1 aromatic rings. The van der Waals surface area contributed by atoms with Gasteiger partial charge in [0.15, 0.2) is 5.11 Å². The molecular weight excluding hydrogens is 247 g/mol. The second-order valence-corrected chi connectivity index (χ2v) is 5.07. The van der Waals surface area contributed by atoms with Gasteiger partial charge in [0.25, 0.3) is 0 Å². The standard InChI is InChI=1S/C14H19FN2S/c15-13-7-5-12(6-8-13)11-16-14(18)17-9-3-1-2-4-10-17/h5-8H,1-4,9-11H2,(H,16,18). The van der Waals surface area contributed by atoms with E-state index >= 15 is 0 Å². The van der Waals surface area contributed by atoms with Crippen molar-refractivity contribution in [2.75, 3.05) is 13.1 Å². The van der Waals surface area contributed by atoms with Gasteiger partial charge in [0.1, 0.15) is 5.82 Å². The van der Waals surface area contributed by atoms with Gasteiger partial charge in [0, 0.05) is 19.6 Å². The van der Waals surface area contributed by atoms with E-state index in [1.54, 1.807) is 12.1 Å². The summed E-state index contributed by atoms with van der Waals surface area (Å²) in [5.41, 5.74) is 1.05. The van der Waals surface area contributed by atoms with Gasteiger partial charge in [-0.1, -0.05) is 25.0 Å². The number of rotatable bonds is 2. The largest absolute Gasteiger partial charge is 0.358 e. The maximum Gasteiger partial charge on any atom is 0.169 e. The van der Waals surface area contributed by atoms with E-state index in [2.05, 4.69) is 10.2 Å². The van der Waals surface area contributed by atoms with Crippen LogP contribution in [0.15, 0.2) is 24.3 Å². The van der Waals surface area contributed by atoms with E-state index in [1.807, 2.05) is 0 Å². The fourth-order valence-electron chi connectivity index (χ4n) is 2.17. The van der Waals surface area contributed by atoms with Crippen LogP contribution in [0, 0.1) is 5.82 Å². The van der Waals surface area contributed by atoms with Crippen LogP contribution in [-0.4, -0.2) is 23.1 Å². The lowest BCUT2D eigenvalue weighted by atomic mass is 10.2. The van der Waals surface area contributed by atoms with E-state index in [-0.39, 0.29) is 5.82 Å². The van der Waals surface area contributed by atoms with E-state index in [4.69, 9.17) is 12.2 Å². The van der Waals surface area contributed by atoms with Gasteiger partial charge < -0.3 is 10.2 Å². The molecule has 0 atom stereocenters. The quantitative estimate of drug-likeness (QED) is 0.828. The maximum absolute atomic E-state index is 12.8. The molecule has 0 saturated carbocycles. The minimum Gasteiger partial charge on any atom is -0.358 e. The molecule has 0 aromatic heterocycles. The first kappa shape index (κ1) is 13.3. The molecule has 4 heteroatoms. The minimum absolute atomic E-state index is 0.200. The number of benzene rings is 1. The maximum atomic E-state index is 12.8.